The van der Waals surface area contributed by atoms with Gasteiger partial charge in [0.2, 0.25) is 0 Å². The van der Waals surface area contributed by atoms with Gasteiger partial charge in [-0.25, -0.2) is 4.79 Å². The maximum atomic E-state index is 10.7. The lowest BCUT2D eigenvalue weighted by atomic mass is 9.97. The molecule has 1 aromatic carbocycles. The zero-order valence-corrected chi connectivity index (χ0v) is 10.2. The van der Waals surface area contributed by atoms with Gasteiger partial charge in [0.05, 0.1) is 13.7 Å². The second-order valence-corrected chi connectivity index (χ2v) is 3.83. The number of hydrogen-bond donors (Lipinski definition) is 2. The summed E-state index contributed by atoms with van der Waals surface area (Å²) in [7, 11) is 1.52. The van der Waals surface area contributed by atoms with Crippen LogP contribution in [0.25, 0.3) is 5.57 Å². The first-order valence-corrected chi connectivity index (χ1v) is 5.19. The van der Waals surface area contributed by atoms with Crippen LogP contribution in [0.3, 0.4) is 0 Å². The summed E-state index contributed by atoms with van der Waals surface area (Å²) in [5.41, 5.74) is 2.88. The fourth-order valence-corrected chi connectivity index (χ4v) is 1.85. The zero-order chi connectivity index (χ0) is 13.0. The Kier molecular flexibility index (Phi) is 4.29. The Morgan fingerprint density at radius 1 is 1.41 bits per heavy atom. The van der Waals surface area contributed by atoms with Crippen molar-refractivity contribution in [3.05, 3.63) is 34.9 Å². The van der Waals surface area contributed by atoms with Gasteiger partial charge in [0.25, 0.3) is 0 Å². The van der Waals surface area contributed by atoms with Crippen LogP contribution in [0.2, 0.25) is 0 Å². The lowest BCUT2D eigenvalue weighted by Gasteiger charge is -2.14. The quantitative estimate of drug-likeness (QED) is 0.782. The van der Waals surface area contributed by atoms with Gasteiger partial charge in [-0.05, 0) is 36.6 Å². The molecule has 0 aliphatic carbocycles. The minimum absolute atomic E-state index is 0.340. The molecule has 0 heterocycles. The van der Waals surface area contributed by atoms with E-state index >= 15 is 0 Å². The van der Waals surface area contributed by atoms with Crippen LogP contribution in [0.4, 0.5) is 0 Å². The molecule has 17 heavy (non-hydrogen) atoms. The number of aliphatic hydroxyl groups is 1. The number of aliphatic hydroxyl groups excluding tert-OH is 1. The highest BCUT2D eigenvalue weighted by atomic mass is 16.5. The van der Waals surface area contributed by atoms with Crippen LogP contribution in [0.15, 0.2) is 18.2 Å². The minimum Gasteiger partial charge on any atom is -0.496 e. The van der Waals surface area contributed by atoms with Gasteiger partial charge >= 0.3 is 5.97 Å². The number of rotatable bonds is 4. The lowest BCUT2D eigenvalue weighted by Crippen LogP contribution is -2.02. The van der Waals surface area contributed by atoms with E-state index in [-0.39, 0.29) is 6.61 Å². The second-order valence-electron chi connectivity index (χ2n) is 3.83. The SMILES string of the molecule is COc1cc(C)cc(C)c1/C(=C/C(=O)O)CO. The van der Waals surface area contributed by atoms with Crippen molar-refractivity contribution in [3.8, 4) is 5.75 Å². The Morgan fingerprint density at radius 3 is 2.53 bits per heavy atom. The molecule has 0 saturated heterocycles. The number of aryl methyl sites for hydroxylation is 2. The first-order chi connectivity index (χ1) is 7.99. The number of benzene rings is 1. The molecule has 1 rings (SSSR count). The molecular weight excluding hydrogens is 220 g/mol. The number of carbonyl (C=O) groups is 1. The van der Waals surface area contributed by atoms with Gasteiger partial charge in [-0.1, -0.05) is 6.07 Å². The van der Waals surface area contributed by atoms with Gasteiger partial charge in [-0.15, -0.1) is 0 Å². The summed E-state index contributed by atoms with van der Waals surface area (Å²) in [6, 6.07) is 3.73. The second kappa shape index (κ2) is 5.50. The third kappa shape index (κ3) is 3.07. The van der Waals surface area contributed by atoms with Crippen LogP contribution in [-0.4, -0.2) is 29.9 Å². The van der Waals surface area contributed by atoms with Crippen molar-refractivity contribution in [2.75, 3.05) is 13.7 Å². The van der Waals surface area contributed by atoms with Crippen molar-refractivity contribution in [1.82, 2.24) is 0 Å². The van der Waals surface area contributed by atoms with E-state index in [9.17, 15) is 9.90 Å². The summed E-state index contributed by atoms with van der Waals surface area (Å²) in [4.78, 5) is 10.7. The number of methoxy groups -OCH3 is 1. The number of hydrogen-bond acceptors (Lipinski definition) is 3. The van der Waals surface area contributed by atoms with Gasteiger partial charge in [0.1, 0.15) is 5.75 Å². The molecule has 0 atom stereocenters. The van der Waals surface area contributed by atoms with E-state index in [1.807, 2.05) is 26.0 Å². The molecule has 0 aromatic heterocycles. The predicted octanol–water partition coefficient (Wildman–Crippen LogP) is 1.77. The fraction of sp³-hybridized carbons (Fsp3) is 0.308. The monoisotopic (exact) mass is 236 g/mol. The molecule has 1 aromatic rings. The average molecular weight is 236 g/mol. The summed E-state index contributed by atoms with van der Waals surface area (Å²) < 4.78 is 5.23. The molecule has 0 fully saturated rings. The van der Waals surface area contributed by atoms with Gasteiger partial charge in [-0.2, -0.15) is 0 Å². The van der Waals surface area contributed by atoms with E-state index in [1.165, 1.54) is 7.11 Å². The summed E-state index contributed by atoms with van der Waals surface area (Å²) >= 11 is 0. The highest BCUT2D eigenvalue weighted by Gasteiger charge is 2.13. The highest BCUT2D eigenvalue weighted by Crippen LogP contribution is 2.30. The van der Waals surface area contributed by atoms with Gasteiger partial charge in [0, 0.05) is 11.6 Å². The first kappa shape index (κ1) is 13.3. The average Bonchev–Trinajstić information content (AvgIpc) is 2.25. The van der Waals surface area contributed by atoms with E-state index in [4.69, 9.17) is 9.84 Å². The largest absolute Gasteiger partial charge is 0.496 e. The maximum Gasteiger partial charge on any atom is 0.328 e. The van der Waals surface area contributed by atoms with Crippen LogP contribution < -0.4 is 4.74 Å². The molecule has 0 spiro atoms. The molecule has 0 bridgehead atoms. The molecule has 0 unspecified atom stereocenters. The molecule has 0 amide bonds. The van der Waals surface area contributed by atoms with Crippen LogP contribution in [-0.2, 0) is 4.79 Å². The molecule has 0 saturated carbocycles. The summed E-state index contributed by atoms with van der Waals surface area (Å²) in [5, 5.41) is 18.0. The minimum atomic E-state index is -1.09. The topological polar surface area (TPSA) is 66.8 Å². The number of carboxylic acid groups (broad SMARTS) is 1. The molecule has 0 radical (unpaired) electrons. The standard InChI is InChI=1S/C13H16O4/c1-8-4-9(2)13(11(5-8)17-3)10(7-14)6-12(15)16/h4-6,14H,7H2,1-3H3,(H,15,16)/b10-6+. The molecule has 0 aliphatic heterocycles. The number of aliphatic carboxylic acids is 1. The van der Waals surface area contributed by atoms with E-state index in [1.54, 1.807) is 0 Å². The van der Waals surface area contributed by atoms with Gasteiger partial charge < -0.3 is 14.9 Å². The zero-order valence-electron chi connectivity index (χ0n) is 10.2. The van der Waals surface area contributed by atoms with Crippen molar-refractivity contribution in [3.63, 3.8) is 0 Å². The van der Waals surface area contributed by atoms with Crippen molar-refractivity contribution in [2.45, 2.75) is 13.8 Å². The van der Waals surface area contributed by atoms with E-state index in [0.29, 0.717) is 16.9 Å². The maximum absolute atomic E-state index is 10.7. The van der Waals surface area contributed by atoms with E-state index < -0.39 is 5.97 Å². The summed E-state index contributed by atoms with van der Waals surface area (Å²) in [6.07, 6.45) is 1.00. The van der Waals surface area contributed by atoms with Crippen molar-refractivity contribution in [2.24, 2.45) is 0 Å². The van der Waals surface area contributed by atoms with E-state index in [0.717, 1.165) is 17.2 Å². The summed E-state index contributed by atoms with van der Waals surface area (Å²) in [6.45, 7) is 3.45. The van der Waals surface area contributed by atoms with Crippen LogP contribution in [0.5, 0.6) is 5.75 Å². The van der Waals surface area contributed by atoms with Crippen LogP contribution in [0, 0.1) is 13.8 Å². The lowest BCUT2D eigenvalue weighted by molar-refractivity contribution is -0.131. The molecular formula is C13H16O4. The van der Waals surface area contributed by atoms with Crippen molar-refractivity contribution >= 4 is 11.5 Å². The molecule has 0 aliphatic rings. The Morgan fingerprint density at radius 2 is 2.06 bits per heavy atom. The van der Waals surface area contributed by atoms with Gasteiger partial charge in [0.15, 0.2) is 0 Å². The van der Waals surface area contributed by atoms with Crippen LogP contribution >= 0.6 is 0 Å². The normalized spacial score (nSPS) is 11.4. The highest BCUT2D eigenvalue weighted by molar-refractivity contribution is 5.92. The predicted molar refractivity (Wildman–Crippen MR) is 65.2 cm³/mol. The Bertz CT molecular complexity index is 461. The Hall–Kier alpha value is -1.81. The number of ether oxygens (including phenoxy) is 1. The van der Waals surface area contributed by atoms with Crippen molar-refractivity contribution < 1.29 is 19.7 Å². The molecule has 2 N–H and O–H groups in total. The van der Waals surface area contributed by atoms with Crippen molar-refractivity contribution in [1.29, 1.82) is 0 Å². The Balaban J connectivity index is 3.42. The summed E-state index contributed by atoms with van der Waals surface area (Å²) in [5.74, 6) is -0.514. The smallest absolute Gasteiger partial charge is 0.328 e. The molecule has 4 nitrogen and oxygen atoms in total. The Labute approximate surface area is 100 Å². The fourth-order valence-electron chi connectivity index (χ4n) is 1.85. The first-order valence-electron chi connectivity index (χ1n) is 5.19. The number of carboxylic acids is 1. The molecule has 92 valence electrons. The third-order valence-corrected chi connectivity index (χ3v) is 2.45. The van der Waals surface area contributed by atoms with Gasteiger partial charge in [-0.3, -0.25) is 0 Å². The molecule has 4 heteroatoms. The third-order valence-electron chi connectivity index (χ3n) is 2.45. The van der Waals surface area contributed by atoms with E-state index in [2.05, 4.69) is 0 Å². The van der Waals surface area contributed by atoms with Crippen LogP contribution in [0.1, 0.15) is 16.7 Å².